The van der Waals surface area contributed by atoms with Gasteiger partial charge in [-0.2, -0.15) is 4.98 Å². The van der Waals surface area contributed by atoms with Gasteiger partial charge in [0.2, 0.25) is 11.7 Å². The maximum atomic E-state index is 11.4. The Kier molecular flexibility index (Phi) is 7.31. The summed E-state index contributed by atoms with van der Waals surface area (Å²) in [4.78, 5) is 8.81. The molecule has 1 aliphatic carbocycles. The fraction of sp³-hybridized carbons (Fsp3) is 0.217. The molecule has 0 saturated carbocycles. The van der Waals surface area contributed by atoms with Gasteiger partial charge in [-0.1, -0.05) is 6.08 Å². The maximum absolute atomic E-state index is 11.4. The first-order valence-electron chi connectivity index (χ1n) is 10.7. The minimum Gasteiger partial charge on any atom is -0.493 e. The van der Waals surface area contributed by atoms with Crippen LogP contribution in [0.1, 0.15) is 12.8 Å². The van der Waals surface area contributed by atoms with E-state index in [9.17, 15) is 8.42 Å². The summed E-state index contributed by atoms with van der Waals surface area (Å²) in [5.41, 5.74) is 2.12. The van der Waals surface area contributed by atoms with Gasteiger partial charge in [-0.3, -0.25) is 0 Å². The van der Waals surface area contributed by atoms with Gasteiger partial charge in [-0.25, -0.2) is 18.5 Å². The van der Waals surface area contributed by atoms with Crippen LogP contribution in [0.5, 0.6) is 17.2 Å². The number of ether oxygens (including phenoxy) is 5. The lowest BCUT2D eigenvalue weighted by Crippen LogP contribution is -2.18. The van der Waals surface area contributed by atoms with Gasteiger partial charge in [-0.15, -0.1) is 0 Å². The Labute approximate surface area is 208 Å². The van der Waals surface area contributed by atoms with Crippen LogP contribution >= 0.6 is 0 Å². The van der Waals surface area contributed by atoms with Crippen LogP contribution in [0.25, 0.3) is 0 Å². The summed E-state index contributed by atoms with van der Waals surface area (Å²) >= 11 is 0. The molecule has 190 valence electrons. The number of hydrogen-bond acceptors (Lipinski definition) is 11. The first kappa shape index (κ1) is 24.9. The van der Waals surface area contributed by atoms with Crippen LogP contribution in [0.2, 0.25) is 0 Å². The van der Waals surface area contributed by atoms with Crippen molar-refractivity contribution in [1.29, 1.82) is 0 Å². The van der Waals surface area contributed by atoms with E-state index in [2.05, 4.69) is 20.6 Å². The summed E-state index contributed by atoms with van der Waals surface area (Å²) < 4.78 is 49.7. The SMILES string of the molecule is COc1cc(Nc2nccc(NC3=C(C4=COC(S(N)(=O)=O)=CO4)CCC=C3)n2)cc(OC)c1OC. The Morgan fingerprint density at radius 3 is 2.39 bits per heavy atom. The fourth-order valence-electron chi connectivity index (χ4n) is 3.50. The Morgan fingerprint density at radius 2 is 1.78 bits per heavy atom. The Morgan fingerprint density at radius 1 is 1.03 bits per heavy atom. The van der Waals surface area contributed by atoms with E-state index in [-0.39, 0.29) is 0 Å². The molecule has 0 amide bonds. The van der Waals surface area contributed by atoms with Crippen molar-refractivity contribution < 1.29 is 32.1 Å². The Hall–Kier alpha value is -4.23. The van der Waals surface area contributed by atoms with Crippen molar-refractivity contribution in [2.45, 2.75) is 12.8 Å². The average Bonchev–Trinajstić information content (AvgIpc) is 2.88. The second kappa shape index (κ2) is 10.6. The molecule has 0 spiro atoms. The zero-order valence-corrected chi connectivity index (χ0v) is 20.6. The number of aromatic nitrogens is 2. The van der Waals surface area contributed by atoms with Gasteiger partial charge in [0.05, 0.1) is 21.3 Å². The van der Waals surface area contributed by atoms with Crippen molar-refractivity contribution in [3.05, 3.63) is 71.2 Å². The number of nitrogens with two attached hydrogens (primary N) is 1. The number of methoxy groups -OCH3 is 3. The number of anilines is 3. The first-order valence-corrected chi connectivity index (χ1v) is 12.2. The van der Waals surface area contributed by atoms with Crippen LogP contribution < -0.4 is 30.0 Å². The topological polar surface area (TPSA) is 156 Å². The maximum Gasteiger partial charge on any atom is 0.274 e. The molecular formula is C23H25N5O7S. The third kappa shape index (κ3) is 5.53. The van der Waals surface area contributed by atoms with Gasteiger partial charge in [0.1, 0.15) is 18.3 Å². The lowest BCUT2D eigenvalue weighted by Gasteiger charge is -2.21. The van der Waals surface area contributed by atoms with Crippen molar-refractivity contribution in [2.75, 3.05) is 32.0 Å². The van der Waals surface area contributed by atoms with Crippen molar-refractivity contribution in [1.82, 2.24) is 9.97 Å². The monoisotopic (exact) mass is 515 g/mol. The smallest absolute Gasteiger partial charge is 0.274 e. The van der Waals surface area contributed by atoms with Crippen LogP contribution in [0.3, 0.4) is 0 Å². The molecule has 2 aromatic rings. The van der Waals surface area contributed by atoms with E-state index < -0.39 is 15.1 Å². The van der Waals surface area contributed by atoms with Gasteiger partial charge in [0.15, 0.2) is 17.3 Å². The molecular weight excluding hydrogens is 490 g/mol. The molecule has 1 aromatic heterocycles. The number of hydrogen-bond donors (Lipinski definition) is 3. The van der Waals surface area contributed by atoms with Gasteiger partial charge in [0, 0.05) is 35.3 Å². The van der Waals surface area contributed by atoms with Gasteiger partial charge >= 0.3 is 0 Å². The molecule has 2 heterocycles. The molecule has 0 atom stereocenters. The molecule has 4 N–H and O–H groups in total. The minimum atomic E-state index is -4.01. The number of nitrogens with one attached hydrogen (secondary N) is 2. The molecule has 36 heavy (non-hydrogen) atoms. The zero-order chi connectivity index (χ0) is 25.7. The molecule has 2 aliphatic rings. The van der Waals surface area contributed by atoms with Crippen molar-refractivity contribution in [3.63, 3.8) is 0 Å². The number of allylic oxidation sites excluding steroid dienone is 3. The summed E-state index contributed by atoms with van der Waals surface area (Å²) in [6, 6.07) is 5.19. The molecule has 0 unspecified atom stereocenters. The standard InChI is InChI=1S/C23H25N5O7S/c1-31-17-10-14(11-18(32-2)22(17)33-3)26-23-25-9-8-20(28-23)27-16-7-5-4-6-15(16)19-12-35-21(13-34-19)36(24,29)30/h5,7-13H,4,6H2,1-3H3,(H2,24,29,30)(H2,25,26,27,28). The highest BCUT2D eigenvalue weighted by Crippen LogP contribution is 2.40. The molecule has 0 radical (unpaired) electrons. The molecule has 12 nitrogen and oxygen atoms in total. The van der Waals surface area contributed by atoms with Gasteiger partial charge in [0.25, 0.3) is 15.1 Å². The third-order valence-electron chi connectivity index (χ3n) is 5.15. The second-order valence-electron chi connectivity index (χ2n) is 7.46. The highest BCUT2D eigenvalue weighted by atomic mass is 32.2. The lowest BCUT2D eigenvalue weighted by molar-refractivity contribution is 0.250. The van der Waals surface area contributed by atoms with E-state index in [1.54, 1.807) is 24.4 Å². The molecule has 1 aliphatic heterocycles. The number of benzene rings is 1. The van der Waals surface area contributed by atoms with E-state index >= 15 is 0 Å². The summed E-state index contributed by atoms with van der Waals surface area (Å²) in [5, 5.41) is 11.0. The van der Waals surface area contributed by atoms with Crippen LogP contribution in [0.4, 0.5) is 17.5 Å². The zero-order valence-electron chi connectivity index (χ0n) is 19.8. The summed E-state index contributed by atoms with van der Waals surface area (Å²) in [7, 11) is 0.593. The second-order valence-corrected chi connectivity index (χ2v) is 8.95. The number of nitrogens with zero attached hydrogens (tertiary/aromatic N) is 2. The molecule has 13 heteroatoms. The van der Waals surface area contributed by atoms with Crippen molar-refractivity contribution in [3.8, 4) is 17.2 Å². The first-order chi connectivity index (χ1) is 17.3. The highest BCUT2D eigenvalue weighted by Gasteiger charge is 2.23. The van der Waals surface area contributed by atoms with Crippen LogP contribution in [0, 0.1) is 0 Å². The highest BCUT2D eigenvalue weighted by molar-refractivity contribution is 7.92. The Balaban J connectivity index is 1.56. The molecule has 1 aromatic carbocycles. The van der Waals surface area contributed by atoms with E-state index in [1.165, 1.54) is 27.6 Å². The molecule has 0 bridgehead atoms. The summed E-state index contributed by atoms with van der Waals surface area (Å²) in [5.74, 6) is 2.64. The summed E-state index contributed by atoms with van der Waals surface area (Å²) in [6.07, 6.45) is 9.07. The average molecular weight is 516 g/mol. The van der Waals surface area contributed by atoms with Crippen molar-refractivity contribution in [2.24, 2.45) is 5.14 Å². The largest absolute Gasteiger partial charge is 0.493 e. The van der Waals surface area contributed by atoms with Crippen LogP contribution in [-0.4, -0.2) is 39.7 Å². The fourth-order valence-corrected chi connectivity index (χ4v) is 3.87. The van der Waals surface area contributed by atoms with E-state index in [4.69, 9.17) is 28.8 Å². The quantitative estimate of drug-likeness (QED) is 0.450. The normalized spacial score (nSPS) is 15.2. The molecule has 0 fully saturated rings. The van der Waals surface area contributed by atoms with Gasteiger partial charge < -0.3 is 34.3 Å². The van der Waals surface area contributed by atoms with Crippen molar-refractivity contribution >= 4 is 27.5 Å². The van der Waals surface area contributed by atoms with Crippen LogP contribution in [-0.2, 0) is 19.5 Å². The molecule has 4 rings (SSSR count). The number of primary sulfonamides is 1. The minimum absolute atomic E-state index is 0.327. The molecule has 0 saturated heterocycles. The predicted octanol–water partition coefficient (Wildman–Crippen LogP) is 3.24. The number of rotatable bonds is 9. The van der Waals surface area contributed by atoms with E-state index in [1.807, 2.05) is 12.2 Å². The predicted molar refractivity (Wildman–Crippen MR) is 132 cm³/mol. The van der Waals surface area contributed by atoms with E-state index in [0.717, 1.165) is 18.3 Å². The Bertz CT molecular complexity index is 1360. The summed E-state index contributed by atoms with van der Waals surface area (Å²) in [6.45, 7) is 0. The lowest BCUT2D eigenvalue weighted by atomic mass is 10.0. The van der Waals surface area contributed by atoms with Gasteiger partial charge in [-0.05, 0) is 25.0 Å². The number of sulfonamides is 1. The third-order valence-corrected chi connectivity index (χ3v) is 5.91. The van der Waals surface area contributed by atoms with E-state index in [0.29, 0.717) is 52.6 Å². The van der Waals surface area contributed by atoms with Crippen LogP contribution in [0.15, 0.2) is 71.2 Å².